The van der Waals surface area contributed by atoms with Crippen LogP contribution in [0.25, 0.3) is 22.0 Å². The predicted octanol–water partition coefficient (Wildman–Crippen LogP) is 8.73. The van der Waals surface area contributed by atoms with Gasteiger partial charge >= 0.3 is 30.4 Å². The number of anilines is 2. The molecule has 0 saturated carbocycles. The zero-order valence-electron chi connectivity index (χ0n) is 42.5. The highest BCUT2D eigenvalue weighted by Crippen LogP contribution is 2.30. The SMILES string of the molecule is Cc1ccc(C(=O)NCc2ccc(CC(C)NC[C@H](O)c3ccc(O)c4[nH]c(=O)ccc34)cc2)cc1N(C)C(=O)CCN1CCC(OC(=O)Nc2ccccc2-c2ccccc2)CC1.O=C(O)C(F)(F)F.O=C(O)C(F)(F)F. The van der Waals surface area contributed by atoms with Crippen LogP contribution in [-0.4, -0.2) is 118 Å². The van der Waals surface area contributed by atoms with Crippen LogP contribution >= 0.6 is 0 Å². The Morgan fingerprint density at radius 3 is 2.04 bits per heavy atom. The number of aromatic amines is 1. The number of aliphatic hydroxyl groups excluding tert-OH is 1. The first-order valence-electron chi connectivity index (χ1n) is 24.2. The number of carboxylic acids is 2. The van der Waals surface area contributed by atoms with E-state index in [-0.39, 0.29) is 41.8 Å². The summed E-state index contributed by atoms with van der Waals surface area (Å²) in [5.74, 6) is -5.86. The van der Waals surface area contributed by atoms with Gasteiger partial charge in [0.2, 0.25) is 11.5 Å². The van der Waals surface area contributed by atoms with Crippen LogP contribution in [-0.2, 0) is 32.1 Å². The third-order valence-corrected chi connectivity index (χ3v) is 12.3. The molecule has 5 aromatic carbocycles. The maximum absolute atomic E-state index is 13.4. The summed E-state index contributed by atoms with van der Waals surface area (Å²) in [5, 5.41) is 45.2. The Balaban J connectivity index is 0.000000706. The summed E-state index contributed by atoms with van der Waals surface area (Å²) in [4.78, 5) is 75.6. The molecule has 8 N–H and O–H groups in total. The first-order chi connectivity index (χ1) is 36.8. The molecule has 1 aromatic heterocycles. The summed E-state index contributed by atoms with van der Waals surface area (Å²) >= 11 is 0. The molecule has 1 unspecified atom stereocenters. The number of aromatic nitrogens is 1. The number of fused-ring (bicyclic) bond motifs is 1. The average molecular weight is 1090 g/mol. The number of aromatic hydroxyl groups is 1. The van der Waals surface area contributed by atoms with E-state index in [2.05, 4.69) is 25.8 Å². The number of ether oxygens (including phenoxy) is 1. The number of likely N-dealkylation sites (tertiary alicyclic amines) is 1. The van der Waals surface area contributed by atoms with Gasteiger partial charge < -0.3 is 50.6 Å². The Kier molecular flexibility index (Phi) is 21.5. The lowest BCUT2D eigenvalue weighted by Crippen LogP contribution is -2.40. The number of pyridine rings is 1. The quantitative estimate of drug-likeness (QED) is 0.0423. The molecule has 1 aliphatic heterocycles. The van der Waals surface area contributed by atoms with E-state index in [9.17, 15) is 55.7 Å². The molecule has 1 fully saturated rings. The van der Waals surface area contributed by atoms with Gasteiger partial charge in [-0.05, 0) is 91.3 Å². The molecule has 1 saturated heterocycles. The number of piperidine rings is 1. The van der Waals surface area contributed by atoms with Crippen molar-refractivity contribution < 1.29 is 75.5 Å². The number of aryl methyl sites for hydroxylation is 1. The molecule has 7 rings (SSSR count). The highest BCUT2D eigenvalue weighted by molar-refractivity contribution is 5.98. The van der Waals surface area contributed by atoms with Gasteiger partial charge in [0.05, 0.1) is 17.3 Å². The first kappa shape index (κ1) is 60.6. The second-order valence-corrected chi connectivity index (χ2v) is 18.1. The van der Waals surface area contributed by atoms with Crippen LogP contribution < -0.4 is 26.4 Å². The van der Waals surface area contributed by atoms with Crippen molar-refractivity contribution in [3.8, 4) is 16.9 Å². The monoisotopic (exact) mass is 1090 g/mol. The van der Waals surface area contributed by atoms with E-state index in [4.69, 9.17) is 24.5 Å². The van der Waals surface area contributed by atoms with Gasteiger partial charge in [-0.25, -0.2) is 14.4 Å². The van der Waals surface area contributed by atoms with Crippen molar-refractivity contribution in [2.45, 2.75) is 76.7 Å². The number of amides is 3. The Bertz CT molecular complexity index is 3050. The maximum Gasteiger partial charge on any atom is 0.490 e. The average Bonchev–Trinajstić information content (AvgIpc) is 3.40. The number of benzene rings is 5. The van der Waals surface area contributed by atoms with Crippen LogP contribution in [0.15, 0.2) is 126 Å². The number of carbonyl (C=O) groups excluding carboxylic acids is 3. The van der Waals surface area contributed by atoms with Crippen molar-refractivity contribution in [2.24, 2.45) is 0 Å². The number of aliphatic hydroxyl groups is 1. The molecule has 17 nitrogen and oxygen atoms in total. The minimum atomic E-state index is -5.08. The van der Waals surface area contributed by atoms with Gasteiger partial charge in [-0.2, -0.15) is 26.3 Å². The molecule has 78 heavy (non-hydrogen) atoms. The largest absolute Gasteiger partial charge is 0.506 e. The van der Waals surface area contributed by atoms with Crippen LogP contribution in [0.1, 0.15) is 64.9 Å². The molecule has 3 amide bonds. The molecule has 2 heterocycles. The number of para-hydroxylation sites is 1. The highest BCUT2D eigenvalue weighted by Gasteiger charge is 2.39. The summed E-state index contributed by atoms with van der Waals surface area (Å²) in [6, 6.07) is 37.1. The number of phenolic OH excluding ortho intramolecular Hbond substituents is 1. The Morgan fingerprint density at radius 1 is 0.808 bits per heavy atom. The molecule has 1 aliphatic rings. The standard InChI is InChI=1S/C51H56N6O7.2C2HF3O2/c1-33-13-18-38(50(62)53-31-36-16-14-35(15-17-36)29-34(2)52-32-46(59)41-19-21-45(58)49-42(41)20-22-47(60)55-49)30-44(33)56(3)48(61)25-28-57-26-23-39(24-27-57)64-51(63)54-43-12-8-7-11-40(43)37-9-5-4-6-10-37;2*3-2(4,5)1(6)7/h4-22,30,34,39,46,52,58-59H,23-29,31-32H2,1-3H3,(H,53,62)(H,54,63)(H,55,60);2*(H,6,7)/t34?,46-;;/m0../s1. The van der Waals surface area contributed by atoms with Crippen LogP contribution in [0.2, 0.25) is 0 Å². The van der Waals surface area contributed by atoms with Gasteiger partial charge in [0.15, 0.2) is 0 Å². The van der Waals surface area contributed by atoms with Gasteiger partial charge in [-0.1, -0.05) is 84.9 Å². The number of halogens is 6. The molecular weight excluding hydrogens is 1030 g/mol. The smallest absolute Gasteiger partial charge is 0.490 e. The molecule has 0 radical (unpaired) electrons. The number of hydrogen-bond donors (Lipinski definition) is 8. The molecule has 0 spiro atoms. The van der Waals surface area contributed by atoms with Crippen molar-refractivity contribution in [1.29, 1.82) is 0 Å². The fourth-order valence-corrected chi connectivity index (χ4v) is 8.15. The number of nitrogens with zero attached hydrogens (tertiary/aromatic N) is 2. The highest BCUT2D eigenvalue weighted by atomic mass is 19.4. The lowest BCUT2D eigenvalue weighted by atomic mass is 10.0. The van der Waals surface area contributed by atoms with Gasteiger partial charge in [-0.15, -0.1) is 0 Å². The minimum absolute atomic E-state index is 0.0404. The molecular formula is C55H58F6N6O11. The third kappa shape index (κ3) is 18.2. The van der Waals surface area contributed by atoms with Crippen molar-refractivity contribution in [3.05, 3.63) is 159 Å². The fourth-order valence-electron chi connectivity index (χ4n) is 8.15. The van der Waals surface area contributed by atoms with Crippen LogP contribution in [0.5, 0.6) is 5.75 Å². The topological polar surface area (TPSA) is 251 Å². The van der Waals surface area contributed by atoms with E-state index >= 15 is 0 Å². The van der Waals surface area contributed by atoms with E-state index in [0.29, 0.717) is 85.3 Å². The number of rotatable bonds is 16. The second-order valence-electron chi connectivity index (χ2n) is 18.1. The number of alkyl halides is 6. The molecule has 0 bridgehead atoms. The molecule has 6 aromatic rings. The van der Waals surface area contributed by atoms with Crippen molar-refractivity contribution in [1.82, 2.24) is 20.5 Å². The number of phenols is 1. The Labute approximate surface area is 443 Å². The van der Waals surface area contributed by atoms with E-state index in [0.717, 1.165) is 27.8 Å². The van der Waals surface area contributed by atoms with Crippen LogP contribution in [0.3, 0.4) is 0 Å². The number of H-pyrrole nitrogens is 1. The summed E-state index contributed by atoms with van der Waals surface area (Å²) in [6.07, 6.45) is -9.34. The predicted molar refractivity (Wildman–Crippen MR) is 278 cm³/mol. The maximum atomic E-state index is 13.4. The first-order valence-corrected chi connectivity index (χ1v) is 24.2. The Morgan fingerprint density at radius 2 is 1.41 bits per heavy atom. The Hall–Kier alpha value is -8.28. The minimum Gasteiger partial charge on any atom is -0.506 e. The number of aliphatic carboxylic acids is 2. The summed E-state index contributed by atoms with van der Waals surface area (Å²) in [7, 11) is 1.74. The molecule has 23 heteroatoms. The van der Waals surface area contributed by atoms with E-state index < -0.39 is 36.5 Å². The van der Waals surface area contributed by atoms with E-state index in [1.807, 2.05) is 98.8 Å². The zero-order valence-corrected chi connectivity index (χ0v) is 42.5. The van der Waals surface area contributed by atoms with Crippen LogP contribution in [0, 0.1) is 6.92 Å². The fraction of sp³-hybridized carbons (Fsp3) is 0.309. The number of carbonyl (C=O) groups is 5. The van der Waals surface area contributed by atoms with Gasteiger partial charge in [0, 0.05) is 80.5 Å². The molecule has 416 valence electrons. The van der Waals surface area contributed by atoms with Gasteiger partial charge in [-0.3, -0.25) is 19.7 Å². The third-order valence-electron chi connectivity index (χ3n) is 12.3. The second kappa shape index (κ2) is 27.7. The van der Waals surface area contributed by atoms with Crippen molar-refractivity contribution >= 4 is 52.1 Å². The normalized spacial score (nSPS) is 13.6. The summed E-state index contributed by atoms with van der Waals surface area (Å²) in [5.41, 5.74) is 7.25. The number of nitrogens with one attached hydrogen (secondary N) is 4. The lowest BCUT2D eigenvalue weighted by molar-refractivity contribution is -0.193. The van der Waals surface area contributed by atoms with E-state index in [1.165, 1.54) is 12.1 Å². The van der Waals surface area contributed by atoms with Gasteiger partial charge in [0.1, 0.15) is 11.9 Å². The summed E-state index contributed by atoms with van der Waals surface area (Å²) < 4.78 is 69.3. The van der Waals surface area contributed by atoms with Crippen molar-refractivity contribution in [2.75, 3.05) is 43.4 Å². The van der Waals surface area contributed by atoms with Crippen LogP contribution in [0.4, 0.5) is 42.5 Å². The molecule has 0 aliphatic carbocycles. The van der Waals surface area contributed by atoms with Crippen molar-refractivity contribution in [3.63, 3.8) is 0 Å². The number of hydrogen-bond acceptors (Lipinski definition) is 11. The van der Waals surface area contributed by atoms with E-state index in [1.54, 1.807) is 36.2 Å². The summed E-state index contributed by atoms with van der Waals surface area (Å²) in [6.45, 7) is 6.56. The zero-order chi connectivity index (χ0) is 57.3. The lowest BCUT2D eigenvalue weighted by Gasteiger charge is -2.32. The number of carboxylic acid groups (broad SMARTS) is 2. The van der Waals surface area contributed by atoms with Gasteiger partial charge in [0.25, 0.3) is 5.91 Å². The molecule has 2 atom stereocenters.